The molecule has 0 radical (unpaired) electrons. The van der Waals surface area contributed by atoms with Crippen LogP contribution in [0.15, 0.2) is 46.9 Å². The summed E-state index contributed by atoms with van der Waals surface area (Å²) in [7, 11) is 0. The summed E-state index contributed by atoms with van der Waals surface area (Å²) in [4.78, 5) is 27.3. The highest BCUT2D eigenvalue weighted by molar-refractivity contribution is 6.11. The molecule has 1 saturated heterocycles. The third kappa shape index (κ3) is 4.16. The molecule has 0 unspecified atom stereocenters. The Kier molecular flexibility index (Phi) is 5.72. The van der Waals surface area contributed by atoms with Crippen LogP contribution < -0.4 is 10.1 Å². The lowest BCUT2D eigenvalue weighted by molar-refractivity contribution is -0.118. The molecule has 1 aliphatic heterocycles. The number of para-hydroxylation sites is 1. The van der Waals surface area contributed by atoms with Gasteiger partial charge in [0.15, 0.2) is 6.61 Å². The molecule has 0 atom stereocenters. The Hall–Kier alpha value is -3.32. The summed E-state index contributed by atoms with van der Waals surface area (Å²) < 4.78 is 16.8. The van der Waals surface area contributed by atoms with Crippen molar-refractivity contribution < 1.29 is 23.5 Å². The Morgan fingerprint density at radius 3 is 2.60 bits per heavy atom. The number of hydrogen-bond acceptors (Lipinski definition) is 5. The van der Waals surface area contributed by atoms with Crippen LogP contribution in [0.4, 0.5) is 5.69 Å². The number of nitrogens with zero attached hydrogens (tertiary/aromatic N) is 1. The molecule has 7 heteroatoms. The molecule has 2 amide bonds. The molecular formula is C23H24N2O5. The minimum absolute atomic E-state index is 0.123. The van der Waals surface area contributed by atoms with E-state index in [0.717, 1.165) is 11.1 Å². The summed E-state index contributed by atoms with van der Waals surface area (Å²) in [6, 6.07) is 12.9. The maximum absolute atomic E-state index is 13.0. The standard InChI is InChI=1S/C23H24N2O5/c1-15-7-8-17(13-16(15)2)29-14-20(26)24-21-18-5-3-4-6-19(18)30-22(21)23(27)25-9-11-28-12-10-25/h3-8,13H,9-12,14H2,1-2H3,(H,24,26). The Labute approximate surface area is 174 Å². The fourth-order valence-electron chi connectivity index (χ4n) is 3.36. The van der Waals surface area contributed by atoms with E-state index in [1.54, 1.807) is 11.0 Å². The summed E-state index contributed by atoms with van der Waals surface area (Å²) in [5.41, 5.74) is 3.16. The van der Waals surface area contributed by atoms with Gasteiger partial charge >= 0.3 is 0 Å². The molecule has 30 heavy (non-hydrogen) atoms. The van der Waals surface area contributed by atoms with Gasteiger partial charge in [-0.25, -0.2) is 0 Å². The molecule has 1 N–H and O–H groups in total. The van der Waals surface area contributed by atoms with Crippen molar-refractivity contribution in [1.29, 1.82) is 0 Å². The van der Waals surface area contributed by atoms with Crippen LogP contribution >= 0.6 is 0 Å². The van der Waals surface area contributed by atoms with E-state index in [0.29, 0.717) is 48.7 Å². The fourth-order valence-corrected chi connectivity index (χ4v) is 3.36. The Bertz CT molecular complexity index is 1080. The zero-order valence-electron chi connectivity index (χ0n) is 17.1. The summed E-state index contributed by atoms with van der Waals surface area (Å²) in [6.45, 7) is 5.77. The average molecular weight is 408 g/mol. The van der Waals surface area contributed by atoms with Gasteiger partial charge in [0.25, 0.3) is 11.8 Å². The molecule has 1 aromatic heterocycles. The predicted octanol–water partition coefficient (Wildman–Crippen LogP) is 3.54. The highest BCUT2D eigenvalue weighted by Gasteiger charge is 2.27. The van der Waals surface area contributed by atoms with E-state index in [9.17, 15) is 9.59 Å². The zero-order valence-corrected chi connectivity index (χ0v) is 17.1. The molecule has 2 heterocycles. The van der Waals surface area contributed by atoms with Crippen LogP contribution in [0.1, 0.15) is 21.7 Å². The number of carbonyl (C=O) groups is 2. The number of hydrogen-bond donors (Lipinski definition) is 1. The molecule has 1 aliphatic rings. The van der Waals surface area contributed by atoms with Crippen molar-refractivity contribution in [3.05, 3.63) is 59.4 Å². The topological polar surface area (TPSA) is 81.0 Å². The molecule has 4 rings (SSSR count). The van der Waals surface area contributed by atoms with E-state index in [4.69, 9.17) is 13.9 Å². The minimum Gasteiger partial charge on any atom is -0.484 e. The monoisotopic (exact) mass is 408 g/mol. The van der Waals surface area contributed by atoms with Gasteiger partial charge in [0.1, 0.15) is 17.0 Å². The van der Waals surface area contributed by atoms with Gasteiger partial charge in [0.2, 0.25) is 5.76 Å². The maximum atomic E-state index is 13.0. The lowest BCUT2D eigenvalue weighted by Crippen LogP contribution is -2.40. The van der Waals surface area contributed by atoms with Crippen LogP contribution in [0.25, 0.3) is 11.0 Å². The summed E-state index contributed by atoms with van der Waals surface area (Å²) >= 11 is 0. The van der Waals surface area contributed by atoms with Gasteiger partial charge in [-0.3, -0.25) is 9.59 Å². The van der Waals surface area contributed by atoms with Crippen LogP contribution in [0.3, 0.4) is 0 Å². The zero-order chi connectivity index (χ0) is 21.1. The first kappa shape index (κ1) is 20.0. The van der Waals surface area contributed by atoms with Crippen molar-refractivity contribution in [2.75, 3.05) is 38.2 Å². The molecule has 0 spiro atoms. The molecular weight excluding hydrogens is 384 g/mol. The van der Waals surface area contributed by atoms with Crippen molar-refractivity contribution >= 4 is 28.5 Å². The highest BCUT2D eigenvalue weighted by atomic mass is 16.5. The molecule has 0 saturated carbocycles. The van der Waals surface area contributed by atoms with Crippen LogP contribution in [0.5, 0.6) is 5.75 Å². The van der Waals surface area contributed by atoms with Crippen molar-refractivity contribution in [2.24, 2.45) is 0 Å². The number of amides is 2. The average Bonchev–Trinajstić information content (AvgIpc) is 3.13. The molecule has 7 nitrogen and oxygen atoms in total. The normalized spacial score (nSPS) is 14.0. The summed E-state index contributed by atoms with van der Waals surface area (Å²) in [5.74, 6) is 0.114. The second-order valence-electron chi connectivity index (χ2n) is 7.29. The largest absolute Gasteiger partial charge is 0.484 e. The summed E-state index contributed by atoms with van der Waals surface area (Å²) in [6.07, 6.45) is 0. The van der Waals surface area contributed by atoms with Crippen LogP contribution in [0, 0.1) is 13.8 Å². The van der Waals surface area contributed by atoms with E-state index in [1.807, 2.05) is 50.2 Å². The number of fused-ring (bicyclic) bond motifs is 1. The van der Waals surface area contributed by atoms with E-state index in [2.05, 4.69) is 5.32 Å². The third-order valence-electron chi connectivity index (χ3n) is 5.20. The first-order chi connectivity index (χ1) is 14.5. The molecule has 0 bridgehead atoms. The molecule has 0 aliphatic carbocycles. The number of furan rings is 1. The number of nitrogens with one attached hydrogen (secondary N) is 1. The number of benzene rings is 2. The first-order valence-corrected chi connectivity index (χ1v) is 9.91. The van der Waals surface area contributed by atoms with Crippen molar-refractivity contribution in [3.63, 3.8) is 0 Å². The van der Waals surface area contributed by atoms with Crippen molar-refractivity contribution in [3.8, 4) is 5.75 Å². The van der Waals surface area contributed by atoms with Gasteiger partial charge < -0.3 is 24.1 Å². The predicted molar refractivity (Wildman–Crippen MR) is 113 cm³/mol. The smallest absolute Gasteiger partial charge is 0.291 e. The Morgan fingerprint density at radius 1 is 1.07 bits per heavy atom. The van der Waals surface area contributed by atoms with Crippen LogP contribution in [0.2, 0.25) is 0 Å². The number of carbonyl (C=O) groups excluding carboxylic acids is 2. The van der Waals surface area contributed by atoms with Crippen LogP contribution in [-0.4, -0.2) is 49.6 Å². The number of aryl methyl sites for hydroxylation is 2. The SMILES string of the molecule is Cc1ccc(OCC(=O)Nc2c(C(=O)N3CCOCC3)oc3ccccc23)cc1C. The van der Waals surface area contributed by atoms with E-state index < -0.39 is 0 Å². The van der Waals surface area contributed by atoms with Crippen molar-refractivity contribution in [2.45, 2.75) is 13.8 Å². The lowest BCUT2D eigenvalue weighted by Gasteiger charge is -2.26. The van der Waals surface area contributed by atoms with Gasteiger partial charge in [-0.05, 0) is 49.2 Å². The summed E-state index contributed by atoms with van der Waals surface area (Å²) in [5, 5.41) is 3.49. The fraction of sp³-hybridized carbons (Fsp3) is 0.304. The van der Waals surface area contributed by atoms with Gasteiger partial charge in [-0.15, -0.1) is 0 Å². The molecule has 1 fully saturated rings. The quantitative estimate of drug-likeness (QED) is 0.698. The van der Waals surface area contributed by atoms with E-state index >= 15 is 0 Å². The number of ether oxygens (including phenoxy) is 2. The molecule has 156 valence electrons. The number of morpholine rings is 1. The first-order valence-electron chi connectivity index (χ1n) is 9.91. The van der Waals surface area contributed by atoms with Gasteiger partial charge in [0, 0.05) is 18.5 Å². The maximum Gasteiger partial charge on any atom is 0.291 e. The number of rotatable bonds is 5. The van der Waals surface area contributed by atoms with Gasteiger partial charge in [-0.1, -0.05) is 18.2 Å². The highest BCUT2D eigenvalue weighted by Crippen LogP contribution is 2.32. The number of anilines is 1. The molecule has 3 aromatic rings. The minimum atomic E-state index is -0.365. The second kappa shape index (κ2) is 8.59. The Balaban J connectivity index is 1.54. The lowest BCUT2D eigenvalue weighted by atomic mass is 10.1. The van der Waals surface area contributed by atoms with E-state index in [-0.39, 0.29) is 24.2 Å². The second-order valence-corrected chi connectivity index (χ2v) is 7.29. The van der Waals surface area contributed by atoms with Crippen LogP contribution in [-0.2, 0) is 9.53 Å². The van der Waals surface area contributed by atoms with Gasteiger partial charge in [-0.2, -0.15) is 0 Å². The van der Waals surface area contributed by atoms with Gasteiger partial charge in [0.05, 0.1) is 13.2 Å². The Morgan fingerprint density at radius 2 is 1.83 bits per heavy atom. The van der Waals surface area contributed by atoms with E-state index in [1.165, 1.54) is 0 Å². The van der Waals surface area contributed by atoms with Crippen molar-refractivity contribution in [1.82, 2.24) is 4.90 Å². The third-order valence-corrected chi connectivity index (χ3v) is 5.20. The molecule has 2 aromatic carbocycles.